The molecule has 0 amide bonds. The average molecular weight is 233 g/mol. The molecule has 1 unspecified atom stereocenters. The zero-order chi connectivity index (χ0) is 12.3. The van der Waals surface area contributed by atoms with E-state index in [1.54, 1.807) is 19.9 Å². The Balaban J connectivity index is 2.81. The van der Waals surface area contributed by atoms with Crippen molar-refractivity contribution in [1.82, 2.24) is 0 Å². The van der Waals surface area contributed by atoms with Gasteiger partial charge in [0.25, 0.3) is 0 Å². The lowest BCUT2D eigenvalue weighted by molar-refractivity contribution is -0.153. The molecule has 1 aromatic carbocycles. The van der Waals surface area contributed by atoms with Crippen LogP contribution in [-0.2, 0) is 0 Å². The van der Waals surface area contributed by atoms with E-state index in [1.165, 1.54) is 6.07 Å². The van der Waals surface area contributed by atoms with Crippen molar-refractivity contribution in [3.63, 3.8) is 0 Å². The van der Waals surface area contributed by atoms with Crippen molar-refractivity contribution >= 4 is 0 Å². The molecule has 90 valence electrons. The predicted octanol–water partition coefficient (Wildman–Crippen LogP) is 2.96. The molecule has 0 radical (unpaired) electrons. The van der Waals surface area contributed by atoms with Crippen molar-refractivity contribution in [2.24, 2.45) is 5.73 Å². The van der Waals surface area contributed by atoms with E-state index < -0.39 is 12.8 Å². The van der Waals surface area contributed by atoms with Crippen LogP contribution in [0.25, 0.3) is 0 Å². The normalized spacial score (nSPS) is 13.6. The van der Waals surface area contributed by atoms with E-state index in [2.05, 4.69) is 4.74 Å². The van der Waals surface area contributed by atoms with E-state index >= 15 is 0 Å². The summed E-state index contributed by atoms with van der Waals surface area (Å²) in [5.74, 6) is 0.199. The standard InChI is InChI=1S/C11H14F3NO/c1-7-3-9(8(2)15)5-10(4-7)16-6-11(12,13)14/h3-5,8H,6,15H2,1-2H3. The quantitative estimate of drug-likeness (QED) is 0.871. The molecule has 0 saturated heterocycles. The van der Waals surface area contributed by atoms with Crippen LogP contribution in [0.15, 0.2) is 18.2 Å². The van der Waals surface area contributed by atoms with E-state index in [9.17, 15) is 13.2 Å². The zero-order valence-electron chi connectivity index (χ0n) is 9.14. The van der Waals surface area contributed by atoms with E-state index in [1.807, 2.05) is 6.07 Å². The molecule has 2 nitrogen and oxygen atoms in total. The summed E-state index contributed by atoms with van der Waals surface area (Å²) in [4.78, 5) is 0. The van der Waals surface area contributed by atoms with Gasteiger partial charge >= 0.3 is 6.18 Å². The Morgan fingerprint density at radius 1 is 1.31 bits per heavy atom. The molecule has 0 spiro atoms. The summed E-state index contributed by atoms with van der Waals surface area (Å²) in [6, 6.07) is 4.68. The van der Waals surface area contributed by atoms with Crippen molar-refractivity contribution in [1.29, 1.82) is 0 Å². The van der Waals surface area contributed by atoms with Crippen molar-refractivity contribution in [2.75, 3.05) is 6.61 Å². The highest BCUT2D eigenvalue weighted by atomic mass is 19.4. The highest BCUT2D eigenvalue weighted by Gasteiger charge is 2.28. The molecular formula is C11H14F3NO. The Bertz CT molecular complexity index is 361. The SMILES string of the molecule is Cc1cc(OCC(F)(F)F)cc(C(C)N)c1. The summed E-state index contributed by atoms with van der Waals surface area (Å²) in [6.45, 7) is 2.27. The van der Waals surface area contributed by atoms with Gasteiger partial charge in [0.1, 0.15) is 5.75 Å². The topological polar surface area (TPSA) is 35.2 Å². The van der Waals surface area contributed by atoms with Crippen molar-refractivity contribution in [3.8, 4) is 5.75 Å². The van der Waals surface area contributed by atoms with Gasteiger partial charge in [-0.15, -0.1) is 0 Å². The van der Waals surface area contributed by atoms with E-state index in [4.69, 9.17) is 5.73 Å². The number of benzene rings is 1. The molecule has 0 fully saturated rings. The Hall–Kier alpha value is -1.23. The smallest absolute Gasteiger partial charge is 0.422 e. The number of hydrogen-bond acceptors (Lipinski definition) is 2. The van der Waals surface area contributed by atoms with Crippen molar-refractivity contribution < 1.29 is 17.9 Å². The fraction of sp³-hybridized carbons (Fsp3) is 0.455. The maximum atomic E-state index is 12.0. The number of hydrogen-bond donors (Lipinski definition) is 1. The van der Waals surface area contributed by atoms with Gasteiger partial charge in [-0.1, -0.05) is 6.07 Å². The highest BCUT2D eigenvalue weighted by Crippen LogP contribution is 2.23. The first-order valence-corrected chi connectivity index (χ1v) is 4.84. The zero-order valence-corrected chi connectivity index (χ0v) is 9.14. The van der Waals surface area contributed by atoms with Gasteiger partial charge in [-0.2, -0.15) is 13.2 Å². The first-order valence-electron chi connectivity index (χ1n) is 4.84. The summed E-state index contributed by atoms with van der Waals surface area (Å²) in [5, 5.41) is 0. The number of nitrogens with two attached hydrogens (primary N) is 1. The maximum absolute atomic E-state index is 12.0. The molecule has 0 aromatic heterocycles. The van der Waals surface area contributed by atoms with Gasteiger partial charge in [-0.3, -0.25) is 0 Å². The lowest BCUT2D eigenvalue weighted by atomic mass is 10.1. The monoisotopic (exact) mass is 233 g/mol. The summed E-state index contributed by atoms with van der Waals surface area (Å²) in [7, 11) is 0. The molecule has 0 aliphatic rings. The Labute approximate surface area is 92.2 Å². The summed E-state index contributed by atoms with van der Waals surface area (Å²) >= 11 is 0. The van der Waals surface area contributed by atoms with Gasteiger partial charge in [0, 0.05) is 6.04 Å². The molecule has 0 bridgehead atoms. The first kappa shape index (κ1) is 12.8. The minimum Gasteiger partial charge on any atom is -0.484 e. The second-order valence-corrected chi connectivity index (χ2v) is 3.77. The fourth-order valence-corrected chi connectivity index (χ4v) is 1.29. The van der Waals surface area contributed by atoms with Crippen LogP contribution in [0.1, 0.15) is 24.1 Å². The van der Waals surface area contributed by atoms with Crippen LogP contribution in [0.2, 0.25) is 0 Å². The molecule has 1 rings (SSSR count). The second-order valence-electron chi connectivity index (χ2n) is 3.77. The molecule has 0 heterocycles. The average Bonchev–Trinajstić information content (AvgIpc) is 2.13. The number of halogens is 3. The number of rotatable bonds is 3. The van der Waals surface area contributed by atoms with Gasteiger partial charge in [-0.25, -0.2) is 0 Å². The Morgan fingerprint density at radius 3 is 2.44 bits per heavy atom. The Kier molecular flexibility index (Phi) is 3.80. The maximum Gasteiger partial charge on any atom is 0.422 e. The second kappa shape index (κ2) is 4.74. The van der Waals surface area contributed by atoms with Gasteiger partial charge in [0.15, 0.2) is 6.61 Å². The number of alkyl halides is 3. The van der Waals surface area contributed by atoms with Crippen LogP contribution in [0.3, 0.4) is 0 Å². The third kappa shape index (κ3) is 4.10. The lowest BCUT2D eigenvalue weighted by Crippen LogP contribution is -2.19. The molecule has 16 heavy (non-hydrogen) atoms. The molecule has 0 saturated carbocycles. The molecule has 2 N–H and O–H groups in total. The van der Waals surface area contributed by atoms with Crippen LogP contribution in [0.5, 0.6) is 5.75 Å². The molecule has 5 heteroatoms. The molecule has 1 aromatic rings. The van der Waals surface area contributed by atoms with Crippen molar-refractivity contribution in [3.05, 3.63) is 29.3 Å². The minimum atomic E-state index is -4.32. The van der Waals surface area contributed by atoms with Crippen LogP contribution < -0.4 is 10.5 Å². The fourth-order valence-electron chi connectivity index (χ4n) is 1.29. The summed E-state index contributed by atoms with van der Waals surface area (Å²) in [6.07, 6.45) is -4.32. The van der Waals surface area contributed by atoms with Gasteiger partial charge in [0.05, 0.1) is 0 Å². The number of ether oxygens (including phenoxy) is 1. The van der Waals surface area contributed by atoms with E-state index in [0.717, 1.165) is 11.1 Å². The van der Waals surface area contributed by atoms with Gasteiger partial charge < -0.3 is 10.5 Å². The van der Waals surface area contributed by atoms with Crippen LogP contribution in [0, 0.1) is 6.92 Å². The van der Waals surface area contributed by atoms with Gasteiger partial charge in [0.2, 0.25) is 0 Å². The minimum absolute atomic E-state index is 0.199. The predicted molar refractivity (Wildman–Crippen MR) is 55.3 cm³/mol. The molecular weight excluding hydrogens is 219 g/mol. The van der Waals surface area contributed by atoms with Crippen LogP contribution >= 0.6 is 0 Å². The highest BCUT2D eigenvalue weighted by molar-refractivity contribution is 5.35. The van der Waals surface area contributed by atoms with Crippen LogP contribution in [0.4, 0.5) is 13.2 Å². The summed E-state index contributed by atoms with van der Waals surface area (Å²) < 4.78 is 40.5. The van der Waals surface area contributed by atoms with E-state index in [0.29, 0.717) is 0 Å². The molecule has 0 aliphatic carbocycles. The largest absolute Gasteiger partial charge is 0.484 e. The van der Waals surface area contributed by atoms with E-state index in [-0.39, 0.29) is 11.8 Å². The molecule has 1 atom stereocenters. The number of aryl methyl sites for hydroxylation is 1. The lowest BCUT2D eigenvalue weighted by Gasteiger charge is -2.13. The van der Waals surface area contributed by atoms with Crippen molar-refractivity contribution in [2.45, 2.75) is 26.1 Å². The Morgan fingerprint density at radius 2 is 1.94 bits per heavy atom. The first-order chi connectivity index (χ1) is 7.28. The third-order valence-electron chi connectivity index (χ3n) is 2.00. The third-order valence-corrected chi connectivity index (χ3v) is 2.00. The summed E-state index contributed by atoms with van der Waals surface area (Å²) in [5.41, 5.74) is 7.24. The molecule has 0 aliphatic heterocycles. The van der Waals surface area contributed by atoms with Gasteiger partial charge in [-0.05, 0) is 37.1 Å². The van der Waals surface area contributed by atoms with Crippen LogP contribution in [-0.4, -0.2) is 12.8 Å².